The van der Waals surface area contributed by atoms with Crippen LogP contribution in [0.15, 0.2) is 18.2 Å². The van der Waals surface area contributed by atoms with Crippen molar-refractivity contribution >= 4 is 5.82 Å². The van der Waals surface area contributed by atoms with E-state index in [1.54, 1.807) is 0 Å². The van der Waals surface area contributed by atoms with Gasteiger partial charge in [-0.3, -0.25) is 0 Å². The molecule has 0 saturated carbocycles. The Morgan fingerprint density at radius 2 is 1.70 bits per heavy atom. The van der Waals surface area contributed by atoms with E-state index in [1.807, 2.05) is 6.92 Å². The number of aryl methyl sites for hydroxylation is 3. The minimum Gasteiger partial charge on any atom is -0.308 e. The van der Waals surface area contributed by atoms with Gasteiger partial charge in [-0.25, -0.2) is 15.8 Å². The number of hydrogen-bond donors (Lipinski definition) is 2. The van der Waals surface area contributed by atoms with Crippen molar-refractivity contribution in [1.29, 1.82) is 0 Å². The van der Waals surface area contributed by atoms with Gasteiger partial charge < -0.3 is 5.43 Å². The molecule has 20 heavy (non-hydrogen) atoms. The summed E-state index contributed by atoms with van der Waals surface area (Å²) in [5, 5.41) is 0. The topological polar surface area (TPSA) is 63.8 Å². The molecular weight excluding hydrogens is 248 g/mol. The first-order chi connectivity index (χ1) is 9.53. The molecule has 0 atom stereocenters. The number of aromatic nitrogens is 2. The van der Waals surface area contributed by atoms with E-state index in [0.717, 1.165) is 35.7 Å². The van der Waals surface area contributed by atoms with Crippen molar-refractivity contribution in [3.05, 3.63) is 52.0 Å². The summed E-state index contributed by atoms with van der Waals surface area (Å²) in [6.07, 6.45) is 1.59. The summed E-state index contributed by atoms with van der Waals surface area (Å²) in [6.45, 7) is 8.30. The highest BCUT2D eigenvalue weighted by Crippen LogP contribution is 2.18. The fourth-order valence-corrected chi connectivity index (χ4v) is 2.63. The van der Waals surface area contributed by atoms with Gasteiger partial charge in [0.25, 0.3) is 0 Å². The third kappa shape index (κ3) is 3.14. The molecule has 106 valence electrons. The van der Waals surface area contributed by atoms with Gasteiger partial charge in [0.15, 0.2) is 0 Å². The van der Waals surface area contributed by atoms with Crippen LogP contribution in [0.2, 0.25) is 0 Å². The Hall–Kier alpha value is -1.94. The Labute approximate surface area is 120 Å². The highest BCUT2D eigenvalue weighted by molar-refractivity contribution is 5.46. The number of hydrogen-bond acceptors (Lipinski definition) is 4. The van der Waals surface area contributed by atoms with Gasteiger partial charge in [0, 0.05) is 17.7 Å². The molecule has 4 heteroatoms. The second-order valence-corrected chi connectivity index (χ2v) is 5.22. The molecule has 0 radical (unpaired) electrons. The number of rotatable bonds is 4. The minimum absolute atomic E-state index is 0.724. The van der Waals surface area contributed by atoms with Gasteiger partial charge in [-0.2, -0.15) is 0 Å². The zero-order chi connectivity index (χ0) is 14.7. The van der Waals surface area contributed by atoms with Crippen molar-refractivity contribution in [3.63, 3.8) is 0 Å². The molecule has 1 heterocycles. The molecule has 3 N–H and O–H groups in total. The van der Waals surface area contributed by atoms with Gasteiger partial charge in [0.2, 0.25) is 0 Å². The Morgan fingerprint density at radius 1 is 1.05 bits per heavy atom. The molecule has 0 spiro atoms. The van der Waals surface area contributed by atoms with Crippen LogP contribution in [0, 0.1) is 20.8 Å². The van der Waals surface area contributed by atoms with Crippen LogP contribution < -0.4 is 11.3 Å². The van der Waals surface area contributed by atoms with Crippen molar-refractivity contribution in [2.75, 3.05) is 5.43 Å². The van der Waals surface area contributed by atoms with Crippen molar-refractivity contribution in [1.82, 2.24) is 9.97 Å². The van der Waals surface area contributed by atoms with Gasteiger partial charge in [0.1, 0.15) is 11.6 Å². The summed E-state index contributed by atoms with van der Waals surface area (Å²) < 4.78 is 0. The van der Waals surface area contributed by atoms with Crippen molar-refractivity contribution < 1.29 is 0 Å². The SMILES string of the molecule is CCc1c(C)nc(Cc2cc(C)cc(C)c2)nc1NN. The molecule has 1 aromatic heterocycles. The Balaban J connectivity index is 2.36. The molecule has 1 aromatic carbocycles. The van der Waals surface area contributed by atoms with Crippen LogP contribution in [-0.2, 0) is 12.8 Å². The first-order valence-corrected chi connectivity index (χ1v) is 6.93. The van der Waals surface area contributed by atoms with Crippen LogP contribution in [0.4, 0.5) is 5.82 Å². The molecule has 0 aliphatic heterocycles. The number of nitrogens with zero attached hydrogens (tertiary/aromatic N) is 2. The molecule has 0 aliphatic carbocycles. The van der Waals surface area contributed by atoms with E-state index in [2.05, 4.69) is 54.4 Å². The monoisotopic (exact) mass is 270 g/mol. The number of benzene rings is 1. The summed E-state index contributed by atoms with van der Waals surface area (Å²) in [5.74, 6) is 7.10. The van der Waals surface area contributed by atoms with Crippen LogP contribution >= 0.6 is 0 Å². The summed E-state index contributed by atoms with van der Waals surface area (Å²) >= 11 is 0. The molecule has 0 unspecified atom stereocenters. The first-order valence-electron chi connectivity index (χ1n) is 6.93. The quantitative estimate of drug-likeness (QED) is 0.662. The molecule has 0 aliphatic rings. The average Bonchev–Trinajstić information content (AvgIpc) is 2.36. The normalized spacial score (nSPS) is 10.7. The summed E-state index contributed by atoms with van der Waals surface area (Å²) in [4.78, 5) is 9.13. The van der Waals surface area contributed by atoms with Crippen LogP contribution in [0.1, 0.15) is 40.7 Å². The highest BCUT2D eigenvalue weighted by atomic mass is 15.3. The van der Waals surface area contributed by atoms with Crippen LogP contribution in [0.25, 0.3) is 0 Å². The summed E-state index contributed by atoms with van der Waals surface area (Å²) in [7, 11) is 0. The number of nitrogens with one attached hydrogen (secondary N) is 1. The predicted octanol–water partition coefficient (Wildman–Crippen LogP) is 2.84. The van der Waals surface area contributed by atoms with E-state index in [-0.39, 0.29) is 0 Å². The molecule has 0 amide bonds. The maximum atomic E-state index is 5.57. The predicted molar refractivity (Wildman–Crippen MR) is 82.7 cm³/mol. The standard InChI is InChI=1S/C16H22N4/c1-5-14-12(4)18-15(19-16(14)20-17)9-13-7-10(2)6-11(3)8-13/h6-8H,5,9,17H2,1-4H3,(H,18,19,20). The fourth-order valence-electron chi connectivity index (χ4n) is 2.63. The smallest absolute Gasteiger partial charge is 0.147 e. The van der Waals surface area contributed by atoms with E-state index < -0.39 is 0 Å². The lowest BCUT2D eigenvalue weighted by atomic mass is 10.0. The van der Waals surface area contributed by atoms with Gasteiger partial charge in [-0.1, -0.05) is 36.2 Å². The van der Waals surface area contributed by atoms with E-state index >= 15 is 0 Å². The van der Waals surface area contributed by atoms with E-state index in [9.17, 15) is 0 Å². The van der Waals surface area contributed by atoms with E-state index in [0.29, 0.717) is 0 Å². The number of hydrazine groups is 1. The van der Waals surface area contributed by atoms with Crippen molar-refractivity contribution in [2.45, 2.75) is 40.5 Å². The van der Waals surface area contributed by atoms with Gasteiger partial charge in [-0.15, -0.1) is 0 Å². The summed E-state index contributed by atoms with van der Waals surface area (Å²) in [6, 6.07) is 6.52. The summed E-state index contributed by atoms with van der Waals surface area (Å²) in [5.41, 5.74) is 8.52. The molecular formula is C16H22N4. The lowest BCUT2D eigenvalue weighted by molar-refractivity contribution is 0.902. The highest BCUT2D eigenvalue weighted by Gasteiger charge is 2.10. The molecule has 4 nitrogen and oxygen atoms in total. The molecule has 0 fully saturated rings. The molecule has 0 bridgehead atoms. The lowest BCUT2D eigenvalue weighted by Crippen LogP contribution is -2.14. The second kappa shape index (κ2) is 6.01. The molecule has 2 aromatic rings. The van der Waals surface area contributed by atoms with Crippen LogP contribution in [-0.4, -0.2) is 9.97 Å². The maximum Gasteiger partial charge on any atom is 0.147 e. The van der Waals surface area contributed by atoms with Crippen molar-refractivity contribution in [2.24, 2.45) is 5.84 Å². The fraction of sp³-hybridized carbons (Fsp3) is 0.375. The minimum atomic E-state index is 0.724. The van der Waals surface area contributed by atoms with E-state index in [4.69, 9.17) is 5.84 Å². The first kappa shape index (κ1) is 14.5. The maximum absolute atomic E-state index is 5.57. The zero-order valence-electron chi connectivity index (χ0n) is 12.6. The third-order valence-corrected chi connectivity index (χ3v) is 3.39. The Kier molecular flexibility index (Phi) is 4.35. The van der Waals surface area contributed by atoms with Crippen molar-refractivity contribution in [3.8, 4) is 0 Å². The number of nitrogens with two attached hydrogens (primary N) is 1. The molecule has 0 saturated heterocycles. The zero-order valence-corrected chi connectivity index (χ0v) is 12.6. The van der Waals surface area contributed by atoms with Gasteiger partial charge in [0.05, 0.1) is 0 Å². The Bertz CT molecular complexity index is 600. The molecule has 2 rings (SSSR count). The largest absolute Gasteiger partial charge is 0.308 e. The van der Waals surface area contributed by atoms with E-state index in [1.165, 1.54) is 16.7 Å². The number of anilines is 1. The third-order valence-electron chi connectivity index (χ3n) is 3.39. The average molecular weight is 270 g/mol. The van der Waals surface area contributed by atoms with Gasteiger partial charge >= 0.3 is 0 Å². The van der Waals surface area contributed by atoms with Gasteiger partial charge in [-0.05, 0) is 32.8 Å². The second-order valence-electron chi connectivity index (χ2n) is 5.22. The lowest BCUT2D eigenvalue weighted by Gasteiger charge is -2.12. The van der Waals surface area contributed by atoms with Crippen LogP contribution in [0.3, 0.4) is 0 Å². The van der Waals surface area contributed by atoms with Crippen LogP contribution in [0.5, 0.6) is 0 Å². The number of nitrogen functional groups attached to an aromatic ring is 1. The Morgan fingerprint density at radius 3 is 2.25 bits per heavy atom.